The topological polar surface area (TPSA) is 70.1 Å². The summed E-state index contributed by atoms with van der Waals surface area (Å²) in [7, 11) is 0. The van der Waals surface area contributed by atoms with E-state index in [9.17, 15) is 4.79 Å². The van der Waals surface area contributed by atoms with Gasteiger partial charge in [-0.2, -0.15) is 11.8 Å². The summed E-state index contributed by atoms with van der Waals surface area (Å²) in [6.07, 6.45) is 7.13. The number of aromatic nitrogens is 2. The number of carbonyl (C=O) groups excluding carboxylic acids is 1. The van der Waals surface area contributed by atoms with Gasteiger partial charge in [-0.25, -0.2) is 9.78 Å². The molecule has 0 aliphatic carbocycles. The first-order valence-corrected chi connectivity index (χ1v) is 7.56. The monoisotopic (exact) mass is 271 g/mol. The molecule has 0 unspecified atom stereocenters. The Kier molecular flexibility index (Phi) is 6.64. The standard InChI is InChI=1S/C12H21N3O2S/c1-3-17-12(16)10-11(13)15(9-14-10)7-5-4-6-8-18-2/h9H,3-8,13H2,1-2H3. The van der Waals surface area contributed by atoms with E-state index in [1.54, 1.807) is 13.3 Å². The first-order valence-electron chi connectivity index (χ1n) is 6.17. The number of anilines is 1. The van der Waals surface area contributed by atoms with Crippen LogP contribution in [0.25, 0.3) is 0 Å². The lowest BCUT2D eigenvalue weighted by Gasteiger charge is -2.05. The minimum atomic E-state index is -0.448. The van der Waals surface area contributed by atoms with Gasteiger partial charge in [0.25, 0.3) is 0 Å². The fraction of sp³-hybridized carbons (Fsp3) is 0.667. The molecule has 0 radical (unpaired) electrons. The van der Waals surface area contributed by atoms with Gasteiger partial charge in [0.2, 0.25) is 0 Å². The Hall–Kier alpha value is -1.17. The van der Waals surface area contributed by atoms with Crippen molar-refractivity contribution in [3.63, 3.8) is 0 Å². The van der Waals surface area contributed by atoms with Crippen LogP contribution in [0.5, 0.6) is 0 Å². The lowest BCUT2D eigenvalue weighted by Crippen LogP contribution is -2.10. The van der Waals surface area contributed by atoms with Crippen LogP contribution in [0.15, 0.2) is 6.33 Å². The third kappa shape index (κ3) is 4.25. The van der Waals surface area contributed by atoms with Crippen LogP contribution in [0, 0.1) is 0 Å². The number of carbonyl (C=O) groups is 1. The molecule has 18 heavy (non-hydrogen) atoms. The quantitative estimate of drug-likeness (QED) is 0.579. The summed E-state index contributed by atoms with van der Waals surface area (Å²) in [6.45, 7) is 2.89. The van der Waals surface area contributed by atoms with E-state index in [0.29, 0.717) is 12.4 Å². The normalized spacial score (nSPS) is 10.6. The number of thioether (sulfide) groups is 1. The average Bonchev–Trinajstić information content (AvgIpc) is 2.71. The summed E-state index contributed by atoms with van der Waals surface area (Å²) in [5.41, 5.74) is 6.09. The Labute approximate surface area is 112 Å². The number of ether oxygens (including phenoxy) is 1. The van der Waals surface area contributed by atoms with Crippen molar-refractivity contribution in [1.82, 2.24) is 9.55 Å². The summed E-state index contributed by atoms with van der Waals surface area (Å²) >= 11 is 1.86. The van der Waals surface area contributed by atoms with Crippen LogP contribution in [0.3, 0.4) is 0 Å². The lowest BCUT2D eigenvalue weighted by molar-refractivity contribution is 0.0521. The summed E-state index contributed by atoms with van der Waals surface area (Å²) in [4.78, 5) is 15.5. The number of rotatable bonds is 8. The molecule has 0 aromatic carbocycles. The molecule has 102 valence electrons. The highest BCUT2D eigenvalue weighted by atomic mass is 32.2. The molecule has 1 aromatic rings. The van der Waals surface area contributed by atoms with Gasteiger partial charge in [0.15, 0.2) is 5.69 Å². The van der Waals surface area contributed by atoms with Crippen LogP contribution in [0.4, 0.5) is 5.82 Å². The van der Waals surface area contributed by atoms with Gasteiger partial charge >= 0.3 is 5.97 Å². The minimum absolute atomic E-state index is 0.223. The highest BCUT2D eigenvalue weighted by Crippen LogP contribution is 2.13. The van der Waals surface area contributed by atoms with Crippen molar-refractivity contribution >= 4 is 23.5 Å². The van der Waals surface area contributed by atoms with E-state index < -0.39 is 5.97 Å². The van der Waals surface area contributed by atoms with Crippen LogP contribution >= 0.6 is 11.8 Å². The summed E-state index contributed by atoms with van der Waals surface area (Å²) in [5.74, 6) is 1.14. The molecule has 2 N–H and O–H groups in total. The fourth-order valence-corrected chi connectivity index (χ4v) is 2.12. The van der Waals surface area contributed by atoms with Crippen molar-refractivity contribution in [3.8, 4) is 0 Å². The third-order valence-corrected chi connectivity index (χ3v) is 3.29. The van der Waals surface area contributed by atoms with E-state index >= 15 is 0 Å². The van der Waals surface area contributed by atoms with E-state index in [2.05, 4.69) is 11.2 Å². The van der Waals surface area contributed by atoms with Gasteiger partial charge in [-0.15, -0.1) is 0 Å². The molecule has 0 atom stereocenters. The summed E-state index contributed by atoms with van der Waals surface area (Å²) < 4.78 is 6.69. The maximum Gasteiger partial charge on any atom is 0.360 e. The molecule has 1 aromatic heterocycles. The van der Waals surface area contributed by atoms with Gasteiger partial charge in [0, 0.05) is 6.54 Å². The Morgan fingerprint density at radius 1 is 1.50 bits per heavy atom. The first-order chi connectivity index (χ1) is 8.70. The number of nitrogens with zero attached hydrogens (tertiary/aromatic N) is 2. The smallest absolute Gasteiger partial charge is 0.360 e. The van der Waals surface area contributed by atoms with Crippen LogP contribution in [0.1, 0.15) is 36.7 Å². The molecule has 0 spiro atoms. The average molecular weight is 271 g/mol. The molecule has 1 rings (SSSR count). The summed E-state index contributed by atoms with van der Waals surface area (Å²) in [5, 5.41) is 0. The van der Waals surface area contributed by atoms with Gasteiger partial charge < -0.3 is 15.0 Å². The highest BCUT2D eigenvalue weighted by molar-refractivity contribution is 7.98. The number of aryl methyl sites for hydroxylation is 1. The predicted octanol–water partition coefficient (Wildman–Crippen LogP) is 2.18. The Balaban J connectivity index is 2.45. The number of unbranched alkanes of at least 4 members (excludes halogenated alkanes) is 2. The number of imidazole rings is 1. The van der Waals surface area contributed by atoms with Crippen LogP contribution in [-0.2, 0) is 11.3 Å². The number of nitrogen functional groups attached to an aromatic ring is 1. The van der Waals surface area contributed by atoms with E-state index in [1.165, 1.54) is 12.2 Å². The van der Waals surface area contributed by atoms with Crippen molar-refractivity contribution in [3.05, 3.63) is 12.0 Å². The molecular weight excluding hydrogens is 250 g/mol. The highest BCUT2D eigenvalue weighted by Gasteiger charge is 2.16. The molecule has 1 heterocycles. The number of hydrogen-bond acceptors (Lipinski definition) is 5. The van der Waals surface area contributed by atoms with Crippen molar-refractivity contribution < 1.29 is 9.53 Å². The second kappa shape index (κ2) is 8.02. The van der Waals surface area contributed by atoms with E-state index in [0.717, 1.165) is 19.4 Å². The molecule has 0 fully saturated rings. The maximum atomic E-state index is 11.5. The SMILES string of the molecule is CCOC(=O)c1ncn(CCCCCSC)c1N. The van der Waals surface area contributed by atoms with Crippen molar-refractivity contribution in [2.75, 3.05) is 24.3 Å². The molecule has 0 amide bonds. The second-order valence-electron chi connectivity index (χ2n) is 3.95. The summed E-state index contributed by atoms with van der Waals surface area (Å²) in [6, 6.07) is 0. The van der Waals surface area contributed by atoms with Crippen LogP contribution in [-0.4, -0.2) is 34.1 Å². The molecule has 0 saturated heterocycles. The molecule has 5 nitrogen and oxygen atoms in total. The molecular formula is C12H21N3O2S. The third-order valence-electron chi connectivity index (χ3n) is 2.59. The molecule has 0 saturated carbocycles. The van der Waals surface area contributed by atoms with Crippen LogP contribution in [0.2, 0.25) is 0 Å². The zero-order chi connectivity index (χ0) is 13.4. The lowest BCUT2D eigenvalue weighted by atomic mass is 10.2. The number of nitrogens with two attached hydrogens (primary N) is 1. The minimum Gasteiger partial charge on any atom is -0.461 e. The first kappa shape index (κ1) is 14.9. The Morgan fingerprint density at radius 3 is 2.94 bits per heavy atom. The number of hydrogen-bond donors (Lipinski definition) is 1. The van der Waals surface area contributed by atoms with Gasteiger partial charge in [0.05, 0.1) is 12.9 Å². The van der Waals surface area contributed by atoms with Gasteiger partial charge in [-0.3, -0.25) is 0 Å². The van der Waals surface area contributed by atoms with E-state index in [4.69, 9.17) is 10.5 Å². The van der Waals surface area contributed by atoms with Crippen molar-refractivity contribution in [1.29, 1.82) is 0 Å². The van der Waals surface area contributed by atoms with Crippen LogP contribution < -0.4 is 5.73 Å². The van der Waals surface area contributed by atoms with E-state index in [1.807, 2.05) is 16.3 Å². The van der Waals surface area contributed by atoms with Gasteiger partial charge in [-0.05, 0) is 31.8 Å². The number of esters is 1. The Bertz CT molecular complexity index is 379. The maximum absolute atomic E-state index is 11.5. The molecule has 0 bridgehead atoms. The van der Waals surface area contributed by atoms with E-state index in [-0.39, 0.29) is 5.69 Å². The molecule has 0 aliphatic rings. The van der Waals surface area contributed by atoms with Gasteiger partial charge in [-0.1, -0.05) is 6.42 Å². The Morgan fingerprint density at radius 2 is 2.28 bits per heavy atom. The second-order valence-corrected chi connectivity index (χ2v) is 4.93. The molecule has 6 heteroatoms. The fourth-order valence-electron chi connectivity index (χ4n) is 1.63. The predicted molar refractivity (Wildman–Crippen MR) is 74.8 cm³/mol. The van der Waals surface area contributed by atoms with Crippen molar-refractivity contribution in [2.45, 2.75) is 32.7 Å². The zero-order valence-corrected chi connectivity index (χ0v) is 11.8. The largest absolute Gasteiger partial charge is 0.461 e. The van der Waals surface area contributed by atoms with Gasteiger partial charge in [0.1, 0.15) is 5.82 Å². The molecule has 0 aliphatic heterocycles. The zero-order valence-electron chi connectivity index (χ0n) is 11.0. The van der Waals surface area contributed by atoms with Crippen molar-refractivity contribution in [2.24, 2.45) is 0 Å².